The van der Waals surface area contributed by atoms with Crippen molar-refractivity contribution in [3.05, 3.63) is 90.1 Å². The molecule has 4 nitrogen and oxygen atoms in total. The van der Waals surface area contributed by atoms with E-state index >= 15 is 0 Å². The molecule has 1 heterocycles. The topological polar surface area (TPSA) is 52.0 Å². The molecule has 182 valence electrons. The van der Waals surface area contributed by atoms with E-state index in [-0.39, 0.29) is 10.6 Å². The van der Waals surface area contributed by atoms with Gasteiger partial charge in [-0.3, -0.25) is 0 Å². The smallest absolute Gasteiger partial charge is 0.232 e. The van der Waals surface area contributed by atoms with Gasteiger partial charge in [-0.15, -0.1) is 0 Å². The summed E-state index contributed by atoms with van der Waals surface area (Å²) in [6, 6.07) is 16.7. The summed E-state index contributed by atoms with van der Waals surface area (Å²) >= 11 is 0. The summed E-state index contributed by atoms with van der Waals surface area (Å²) in [5, 5.41) is 3.54. The van der Waals surface area contributed by atoms with Crippen molar-refractivity contribution in [2.75, 3.05) is 6.26 Å². The third kappa shape index (κ3) is 4.95. The Balaban J connectivity index is 1.88. The van der Waals surface area contributed by atoms with Crippen LogP contribution in [0.1, 0.15) is 11.3 Å². The third-order valence-corrected chi connectivity index (χ3v) is 6.37. The van der Waals surface area contributed by atoms with Gasteiger partial charge in [0, 0.05) is 17.4 Å². The maximum Gasteiger partial charge on any atom is 0.435 e. The minimum Gasteiger partial charge on any atom is -0.232 e. The molecule has 0 aliphatic carbocycles. The van der Waals surface area contributed by atoms with Crippen LogP contribution in [0.5, 0.6) is 0 Å². The fourth-order valence-electron chi connectivity index (χ4n) is 3.67. The molecule has 4 aromatic rings. The first-order valence-electron chi connectivity index (χ1n) is 10.0. The molecule has 0 aliphatic heterocycles. The average molecular weight is 510 g/mol. The van der Waals surface area contributed by atoms with Gasteiger partial charge in [0.2, 0.25) is 0 Å². The summed E-state index contributed by atoms with van der Waals surface area (Å²) in [5.41, 5.74) is -2.42. The molecule has 35 heavy (non-hydrogen) atoms. The molecule has 0 saturated carbocycles. The number of sulfone groups is 1. The standard InChI is InChI=1S/C24H16F6N2O2S/c1-35(33,34)21-9-5-3-6-17(21)15-10-12-16(13-11-15)32-20(14-22(31-32)24(28,29)30)18-7-2-4-8-19(18)23(25,26)27/h2-14H,1H3. The van der Waals surface area contributed by atoms with Crippen LogP contribution in [0.25, 0.3) is 28.1 Å². The maximum absolute atomic E-state index is 13.6. The Bertz CT molecular complexity index is 1490. The summed E-state index contributed by atoms with van der Waals surface area (Å²) in [6.07, 6.45) is -8.64. The Kier molecular flexibility index (Phi) is 6.00. The van der Waals surface area contributed by atoms with Crippen LogP contribution in [-0.2, 0) is 22.2 Å². The van der Waals surface area contributed by atoms with Crippen LogP contribution in [0.15, 0.2) is 83.8 Å². The zero-order valence-corrected chi connectivity index (χ0v) is 18.7. The highest BCUT2D eigenvalue weighted by Gasteiger charge is 2.38. The van der Waals surface area contributed by atoms with Crippen molar-refractivity contribution in [2.45, 2.75) is 17.2 Å². The van der Waals surface area contributed by atoms with Crippen LogP contribution in [0.3, 0.4) is 0 Å². The summed E-state index contributed by atoms with van der Waals surface area (Å²) in [6.45, 7) is 0. The van der Waals surface area contributed by atoms with E-state index in [0.29, 0.717) is 17.2 Å². The average Bonchev–Trinajstić information content (AvgIpc) is 3.24. The lowest BCUT2D eigenvalue weighted by Crippen LogP contribution is -2.09. The molecule has 0 radical (unpaired) electrons. The zero-order valence-electron chi connectivity index (χ0n) is 17.9. The Morgan fingerprint density at radius 3 is 1.89 bits per heavy atom. The molecule has 0 amide bonds. The van der Waals surface area contributed by atoms with Crippen LogP contribution >= 0.6 is 0 Å². The summed E-state index contributed by atoms with van der Waals surface area (Å²) in [4.78, 5) is 0.0611. The van der Waals surface area contributed by atoms with Gasteiger partial charge in [-0.2, -0.15) is 31.4 Å². The molecule has 0 N–H and O–H groups in total. The Morgan fingerprint density at radius 2 is 1.31 bits per heavy atom. The number of aromatic nitrogens is 2. The number of halogens is 6. The van der Waals surface area contributed by atoms with Gasteiger partial charge in [0.1, 0.15) is 0 Å². The molecule has 0 atom stereocenters. The van der Waals surface area contributed by atoms with E-state index in [1.807, 2.05) is 0 Å². The van der Waals surface area contributed by atoms with E-state index in [9.17, 15) is 34.8 Å². The molecule has 1 aromatic heterocycles. The second-order valence-corrected chi connectivity index (χ2v) is 9.67. The van der Waals surface area contributed by atoms with Crippen molar-refractivity contribution >= 4 is 9.84 Å². The van der Waals surface area contributed by atoms with E-state index < -0.39 is 44.7 Å². The quantitative estimate of drug-likeness (QED) is 0.289. The van der Waals surface area contributed by atoms with E-state index in [2.05, 4.69) is 5.10 Å². The largest absolute Gasteiger partial charge is 0.435 e. The van der Waals surface area contributed by atoms with E-state index in [1.54, 1.807) is 18.2 Å². The monoisotopic (exact) mass is 510 g/mol. The fraction of sp³-hybridized carbons (Fsp3) is 0.125. The SMILES string of the molecule is CS(=O)(=O)c1ccccc1-c1ccc(-n2nc(C(F)(F)F)cc2-c2ccccc2C(F)(F)F)cc1. The van der Waals surface area contributed by atoms with Crippen LogP contribution in [0.2, 0.25) is 0 Å². The Labute approximate surface area is 196 Å². The first-order valence-corrected chi connectivity index (χ1v) is 11.9. The molecule has 0 saturated heterocycles. The van der Waals surface area contributed by atoms with Crippen LogP contribution in [0.4, 0.5) is 26.3 Å². The Hall–Kier alpha value is -3.60. The lowest BCUT2D eigenvalue weighted by molar-refractivity contribution is -0.141. The molecule has 11 heteroatoms. The lowest BCUT2D eigenvalue weighted by atomic mass is 10.0. The van der Waals surface area contributed by atoms with Crippen molar-refractivity contribution < 1.29 is 34.8 Å². The first kappa shape index (κ1) is 24.5. The van der Waals surface area contributed by atoms with Crippen LogP contribution in [0, 0.1) is 0 Å². The zero-order chi connectivity index (χ0) is 25.6. The number of alkyl halides is 6. The van der Waals surface area contributed by atoms with Gasteiger partial charge < -0.3 is 0 Å². The molecule has 0 fully saturated rings. The van der Waals surface area contributed by atoms with Crippen molar-refractivity contribution in [1.29, 1.82) is 0 Å². The highest BCUT2D eigenvalue weighted by molar-refractivity contribution is 7.90. The van der Waals surface area contributed by atoms with Gasteiger partial charge in [-0.05, 0) is 35.9 Å². The molecule has 0 aliphatic rings. The number of hydrogen-bond donors (Lipinski definition) is 0. The molecular weight excluding hydrogens is 494 g/mol. The van der Waals surface area contributed by atoms with E-state index in [1.165, 1.54) is 36.4 Å². The van der Waals surface area contributed by atoms with Crippen LogP contribution in [-0.4, -0.2) is 24.5 Å². The molecular formula is C24H16F6N2O2S. The molecule has 0 spiro atoms. The van der Waals surface area contributed by atoms with Gasteiger partial charge in [0.05, 0.1) is 21.8 Å². The van der Waals surface area contributed by atoms with Gasteiger partial charge in [0.15, 0.2) is 15.5 Å². The highest BCUT2D eigenvalue weighted by Crippen LogP contribution is 2.40. The third-order valence-electron chi connectivity index (χ3n) is 5.22. The second-order valence-electron chi connectivity index (χ2n) is 7.68. The predicted molar refractivity (Wildman–Crippen MR) is 118 cm³/mol. The molecule has 0 bridgehead atoms. The first-order chi connectivity index (χ1) is 16.3. The van der Waals surface area contributed by atoms with E-state index in [0.717, 1.165) is 29.1 Å². The van der Waals surface area contributed by atoms with Gasteiger partial charge in [-0.25, -0.2) is 13.1 Å². The number of nitrogens with zero attached hydrogens (tertiary/aromatic N) is 2. The normalized spacial score (nSPS) is 12.7. The maximum atomic E-state index is 13.6. The summed E-state index contributed by atoms with van der Waals surface area (Å²) in [7, 11) is -3.57. The Morgan fingerprint density at radius 1 is 0.743 bits per heavy atom. The predicted octanol–water partition coefficient (Wildman–Crippen LogP) is 6.65. The lowest BCUT2D eigenvalue weighted by Gasteiger charge is -2.14. The van der Waals surface area contributed by atoms with Crippen molar-refractivity contribution in [2.24, 2.45) is 0 Å². The fourth-order valence-corrected chi connectivity index (χ4v) is 4.58. The molecule has 3 aromatic carbocycles. The minimum absolute atomic E-state index is 0.0611. The van der Waals surface area contributed by atoms with Crippen molar-refractivity contribution in [3.63, 3.8) is 0 Å². The number of hydrogen-bond acceptors (Lipinski definition) is 3. The number of rotatable bonds is 4. The molecule has 4 rings (SSSR count). The van der Waals surface area contributed by atoms with Crippen LogP contribution < -0.4 is 0 Å². The van der Waals surface area contributed by atoms with Gasteiger partial charge >= 0.3 is 12.4 Å². The summed E-state index contributed by atoms with van der Waals surface area (Å²) in [5.74, 6) is 0. The minimum atomic E-state index is -4.89. The molecule has 0 unspecified atom stereocenters. The van der Waals surface area contributed by atoms with Crippen molar-refractivity contribution in [3.8, 4) is 28.1 Å². The van der Waals surface area contributed by atoms with Gasteiger partial charge in [0.25, 0.3) is 0 Å². The second kappa shape index (κ2) is 8.56. The van der Waals surface area contributed by atoms with Crippen molar-refractivity contribution in [1.82, 2.24) is 9.78 Å². The van der Waals surface area contributed by atoms with E-state index in [4.69, 9.17) is 0 Å². The highest BCUT2D eigenvalue weighted by atomic mass is 32.2. The summed E-state index contributed by atoms with van der Waals surface area (Å²) < 4.78 is 106. The van der Waals surface area contributed by atoms with Gasteiger partial charge in [-0.1, -0.05) is 48.5 Å². The number of benzene rings is 3.